The van der Waals surface area contributed by atoms with Crippen molar-refractivity contribution in [3.05, 3.63) is 78.4 Å². The molecule has 3 aromatic carbocycles. The maximum absolute atomic E-state index is 14.3. The molecule has 9 nitrogen and oxygen atoms in total. The fourth-order valence-corrected chi connectivity index (χ4v) is 4.32. The number of benzene rings is 3. The highest BCUT2D eigenvalue weighted by atomic mass is 16.5. The average Bonchev–Trinajstić information content (AvgIpc) is 3.34. The molecule has 4 rings (SSSR count). The van der Waals surface area contributed by atoms with E-state index in [1.165, 1.54) is 4.90 Å². The lowest BCUT2D eigenvalue weighted by molar-refractivity contribution is -0.128. The van der Waals surface area contributed by atoms with E-state index in [1.54, 1.807) is 36.1 Å². The molecule has 1 heterocycles. The Labute approximate surface area is 228 Å². The van der Waals surface area contributed by atoms with Crippen molar-refractivity contribution < 1.29 is 19.1 Å². The Kier molecular flexibility index (Phi) is 8.49. The van der Waals surface area contributed by atoms with Crippen LogP contribution in [0, 0.1) is 0 Å². The highest BCUT2D eigenvalue weighted by molar-refractivity contribution is 6.02. The van der Waals surface area contributed by atoms with Crippen LogP contribution in [0.5, 0.6) is 11.5 Å². The summed E-state index contributed by atoms with van der Waals surface area (Å²) in [5, 5.41) is 11.5. The van der Waals surface area contributed by atoms with Crippen molar-refractivity contribution in [2.24, 2.45) is 0 Å². The van der Waals surface area contributed by atoms with Gasteiger partial charge in [-0.25, -0.2) is 4.68 Å². The Morgan fingerprint density at radius 2 is 1.77 bits per heavy atom. The molecular formula is C30H35N5O4. The lowest BCUT2D eigenvalue weighted by Crippen LogP contribution is -2.51. The molecule has 0 unspecified atom stereocenters. The molecule has 39 heavy (non-hydrogen) atoms. The van der Waals surface area contributed by atoms with Crippen LogP contribution in [-0.4, -0.2) is 46.1 Å². The van der Waals surface area contributed by atoms with E-state index in [0.29, 0.717) is 41.3 Å². The summed E-state index contributed by atoms with van der Waals surface area (Å²) >= 11 is 0. The van der Waals surface area contributed by atoms with Crippen molar-refractivity contribution >= 4 is 28.5 Å². The van der Waals surface area contributed by atoms with Crippen molar-refractivity contribution in [1.82, 2.24) is 20.3 Å². The number of anilines is 1. The summed E-state index contributed by atoms with van der Waals surface area (Å²) in [5.41, 5.74) is 1.98. The third kappa shape index (κ3) is 6.19. The predicted molar refractivity (Wildman–Crippen MR) is 151 cm³/mol. The zero-order chi connectivity index (χ0) is 28.0. The fourth-order valence-electron chi connectivity index (χ4n) is 4.32. The molecular weight excluding hydrogens is 494 g/mol. The second-order valence-electron chi connectivity index (χ2n) is 9.80. The van der Waals surface area contributed by atoms with Crippen molar-refractivity contribution in [1.29, 1.82) is 0 Å². The molecule has 0 saturated heterocycles. The fraction of sp³-hybridized carbons (Fsp3) is 0.333. The van der Waals surface area contributed by atoms with Crippen molar-refractivity contribution in [3.63, 3.8) is 0 Å². The first-order chi connectivity index (χ1) is 18.8. The Morgan fingerprint density at radius 3 is 2.51 bits per heavy atom. The molecule has 1 N–H and O–H groups in total. The first kappa shape index (κ1) is 27.6. The van der Waals surface area contributed by atoms with Gasteiger partial charge in [0.05, 0.1) is 19.2 Å². The number of methoxy groups -OCH3 is 1. The third-order valence-corrected chi connectivity index (χ3v) is 6.67. The van der Waals surface area contributed by atoms with Crippen LogP contribution in [0.15, 0.2) is 72.8 Å². The number of hydrogen-bond donors (Lipinski definition) is 1. The van der Waals surface area contributed by atoms with Crippen LogP contribution in [0.3, 0.4) is 0 Å². The summed E-state index contributed by atoms with van der Waals surface area (Å²) in [6, 6.07) is 20.8. The summed E-state index contributed by atoms with van der Waals surface area (Å²) in [7, 11) is 1.56. The summed E-state index contributed by atoms with van der Waals surface area (Å²) in [6.45, 7) is 8.07. The van der Waals surface area contributed by atoms with Gasteiger partial charge in [-0.15, -0.1) is 5.10 Å². The van der Waals surface area contributed by atoms with E-state index in [4.69, 9.17) is 9.47 Å². The zero-order valence-corrected chi connectivity index (χ0v) is 23.0. The molecule has 2 amide bonds. The predicted octanol–water partition coefficient (Wildman–Crippen LogP) is 4.92. The summed E-state index contributed by atoms with van der Waals surface area (Å²) in [5.74, 6) is 0.414. The number of ether oxygens (including phenoxy) is 2. The van der Waals surface area contributed by atoms with Crippen LogP contribution in [0.4, 0.5) is 5.69 Å². The van der Waals surface area contributed by atoms with E-state index in [-0.39, 0.29) is 18.4 Å². The van der Waals surface area contributed by atoms with Gasteiger partial charge in [0, 0.05) is 22.9 Å². The van der Waals surface area contributed by atoms with Gasteiger partial charge in [0.15, 0.2) is 0 Å². The molecule has 0 saturated carbocycles. The zero-order valence-electron chi connectivity index (χ0n) is 23.0. The summed E-state index contributed by atoms with van der Waals surface area (Å²) in [4.78, 5) is 29.9. The van der Waals surface area contributed by atoms with Crippen molar-refractivity contribution in [3.8, 4) is 11.5 Å². The number of amides is 2. The van der Waals surface area contributed by atoms with Gasteiger partial charge in [-0.1, -0.05) is 48.5 Å². The lowest BCUT2D eigenvalue weighted by atomic mass is 9.97. The smallest absolute Gasteiger partial charge is 0.249 e. The minimum Gasteiger partial charge on any atom is -0.497 e. The van der Waals surface area contributed by atoms with Crippen molar-refractivity contribution in [2.75, 3.05) is 18.6 Å². The average molecular weight is 530 g/mol. The molecule has 0 bridgehead atoms. The molecule has 0 spiro atoms. The van der Waals surface area contributed by atoms with Gasteiger partial charge in [0.1, 0.15) is 29.6 Å². The van der Waals surface area contributed by atoms with Crippen molar-refractivity contribution in [2.45, 2.75) is 52.2 Å². The molecule has 1 atom stereocenters. The monoisotopic (exact) mass is 529 g/mol. The molecule has 0 fully saturated rings. The number of nitrogens with zero attached hydrogens (tertiary/aromatic N) is 4. The lowest BCUT2D eigenvalue weighted by Gasteiger charge is -2.35. The van der Waals surface area contributed by atoms with E-state index in [0.717, 1.165) is 5.52 Å². The van der Waals surface area contributed by atoms with Gasteiger partial charge in [-0.3, -0.25) is 14.5 Å². The number of rotatable bonds is 11. The van der Waals surface area contributed by atoms with E-state index in [1.807, 2.05) is 76.2 Å². The van der Waals surface area contributed by atoms with E-state index in [9.17, 15) is 9.59 Å². The molecule has 1 aromatic heterocycles. The Hall–Kier alpha value is -4.40. The van der Waals surface area contributed by atoms with Gasteiger partial charge in [0.25, 0.3) is 0 Å². The number of nitrogens with one attached hydrogen (secondary N) is 1. The first-order valence-corrected chi connectivity index (χ1v) is 13.1. The van der Waals surface area contributed by atoms with E-state index in [2.05, 4.69) is 15.6 Å². The van der Waals surface area contributed by atoms with Gasteiger partial charge in [-0.2, -0.15) is 0 Å². The second kappa shape index (κ2) is 12.0. The maximum Gasteiger partial charge on any atom is 0.249 e. The highest BCUT2D eigenvalue weighted by Crippen LogP contribution is 2.35. The van der Waals surface area contributed by atoms with Crippen LogP contribution in [-0.2, 0) is 16.1 Å². The van der Waals surface area contributed by atoms with E-state index < -0.39 is 11.6 Å². The minimum atomic E-state index is -1.03. The number of para-hydroxylation sites is 2. The number of hydrogen-bond acceptors (Lipinski definition) is 6. The minimum absolute atomic E-state index is 0.129. The van der Waals surface area contributed by atoms with Gasteiger partial charge in [0.2, 0.25) is 11.8 Å². The molecule has 4 aromatic rings. The summed E-state index contributed by atoms with van der Waals surface area (Å²) < 4.78 is 12.9. The number of carbonyl (C=O) groups is 2. The highest BCUT2D eigenvalue weighted by Gasteiger charge is 2.37. The largest absolute Gasteiger partial charge is 0.497 e. The molecule has 0 aliphatic rings. The maximum atomic E-state index is 14.3. The van der Waals surface area contributed by atoms with Crippen LogP contribution in [0.2, 0.25) is 0 Å². The molecule has 204 valence electrons. The SMILES string of the molecule is CCOc1ccccc1[C@@H](C(=O)NC(C)(C)CC)N(C(=O)Cn1nnc2ccccc21)c1cccc(OC)c1. The summed E-state index contributed by atoms with van der Waals surface area (Å²) in [6.07, 6.45) is 0.705. The quantitative estimate of drug-likeness (QED) is 0.296. The van der Waals surface area contributed by atoms with Crippen LogP contribution < -0.4 is 19.7 Å². The standard InChI is InChI=1S/C30H35N5O4/c1-6-30(3,4)31-29(37)28(23-15-8-11-18-26(23)39-7-2)35(21-13-12-14-22(19-21)38-5)27(36)20-34-25-17-10-9-16-24(25)32-33-34/h8-19,28H,6-7,20H2,1-5H3,(H,31,37)/t28-/m0/s1. The molecule has 0 radical (unpaired) electrons. The van der Waals surface area contributed by atoms with Gasteiger partial charge >= 0.3 is 0 Å². The Balaban J connectivity index is 1.88. The molecule has 0 aliphatic carbocycles. The number of aromatic nitrogens is 3. The van der Waals surface area contributed by atoms with Gasteiger partial charge < -0.3 is 14.8 Å². The topological polar surface area (TPSA) is 98.6 Å². The second-order valence-corrected chi connectivity index (χ2v) is 9.80. The molecule has 0 aliphatic heterocycles. The third-order valence-electron chi connectivity index (χ3n) is 6.67. The Bertz CT molecular complexity index is 1450. The van der Waals surface area contributed by atoms with Crippen LogP contribution in [0.1, 0.15) is 45.7 Å². The number of carbonyl (C=O) groups excluding carboxylic acids is 2. The first-order valence-electron chi connectivity index (χ1n) is 13.1. The van der Waals surface area contributed by atoms with Gasteiger partial charge in [-0.05, 0) is 57.5 Å². The number of fused-ring (bicyclic) bond motifs is 1. The Morgan fingerprint density at radius 1 is 1.03 bits per heavy atom. The molecule has 9 heteroatoms. The van der Waals surface area contributed by atoms with E-state index >= 15 is 0 Å². The normalized spacial score (nSPS) is 12.1. The van der Waals surface area contributed by atoms with Crippen LogP contribution >= 0.6 is 0 Å². The van der Waals surface area contributed by atoms with Crippen LogP contribution in [0.25, 0.3) is 11.0 Å².